The van der Waals surface area contributed by atoms with Crippen molar-refractivity contribution in [3.63, 3.8) is 0 Å². The van der Waals surface area contributed by atoms with Gasteiger partial charge in [-0.1, -0.05) is 13.8 Å². The lowest BCUT2D eigenvalue weighted by Gasteiger charge is -2.30. The first-order valence-corrected chi connectivity index (χ1v) is 5.93. The summed E-state index contributed by atoms with van der Waals surface area (Å²) in [5, 5.41) is 3.41. The minimum absolute atomic E-state index is 0.0587. The fourth-order valence-electron chi connectivity index (χ4n) is 1.90. The Bertz CT molecular complexity index is 224. The highest BCUT2D eigenvalue weighted by molar-refractivity contribution is 5.76. The zero-order chi connectivity index (χ0) is 11.5. The van der Waals surface area contributed by atoms with Crippen molar-refractivity contribution in [3.05, 3.63) is 0 Å². The molecule has 0 radical (unpaired) electrons. The quantitative estimate of drug-likeness (QED) is 0.771. The molecule has 1 aliphatic rings. The van der Waals surface area contributed by atoms with Crippen molar-refractivity contribution in [3.8, 4) is 0 Å². The fourth-order valence-corrected chi connectivity index (χ4v) is 1.90. The highest BCUT2D eigenvalue weighted by Gasteiger charge is 2.27. The monoisotopic (exact) mass is 212 g/mol. The zero-order valence-corrected chi connectivity index (χ0v) is 10.5. The molecular weight excluding hydrogens is 188 g/mol. The van der Waals surface area contributed by atoms with E-state index in [0.717, 1.165) is 26.1 Å². The van der Waals surface area contributed by atoms with Crippen molar-refractivity contribution in [2.45, 2.75) is 46.1 Å². The molecule has 0 spiro atoms. The van der Waals surface area contributed by atoms with Gasteiger partial charge in [-0.05, 0) is 26.2 Å². The van der Waals surface area contributed by atoms with Gasteiger partial charge in [0, 0.05) is 31.6 Å². The molecule has 0 unspecified atom stereocenters. The number of hydrogen-bond donors (Lipinski definition) is 1. The maximum Gasteiger partial charge on any atom is 0.223 e. The molecule has 0 atom stereocenters. The lowest BCUT2D eigenvalue weighted by molar-refractivity contribution is -0.131. The van der Waals surface area contributed by atoms with Gasteiger partial charge in [-0.15, -0.1) is 0 Å². The molecule has 0 saturated carbocycles. The van der Waals surface area contributed by atoms with Crippen LogP contribution in [0.3, 0.4) is 0 Å². The summed E-state index contributed by atoms with van der Waals surface area (Å²) in [6.45, 7) is 11.3. The third-order valence-corrected chi connectivity index (χ3v) is 2.86. The molecule has 1 rings (SSSR count). The van der Waals surface area contributed by atoms with Crippen LogP contribution in [0.4, 0.5) is 0 Å². The van der Waals surface area contributed by atoms with Gasteiger partial charge in [-0.2, -0.15) is 0 Å². The lowest BCUT2D eigenvalue weighted by Crippen LogP contribution is -2.47. The highest BCUT2D eigenvalue weighted by Crippen LogP contribution is 2.13. The van der Waals surface area contributed by atoms with Crippen LogP contribution in [0.25, 0.3) is 0 Å². The lowest BCUT2D eigenvalue weighted by atomic mass is 10.0. The summed E-state index contributed by atoms with van der Waals surface area (Å²) in [7, 11) is 0. The van der Waals surface area contributed by atoms with Gasteiger partial charge in [0.05, 0.1) is 0 Å². The van der Waals surface area contributed by atoms with Crippen LogP contribution in [0.5, 0.6) is 0 Å². The molecule has 3 nitrogen and oxygen atoms in total. The van der Waals surface area contributed by atoms with E-state index < -0.39 is 0 Å². The van der Waals surface area contributed by atoms with E-state index in [2.05, 4.69) is 33.0 Å². The van der Waals surface area contributed by atoms with Gasteiger partial charge in [-0.3, -0.25) is 4.79 Å². The number of rotatable bonds is 3. The molecule has 1 N–H and O–H groups in total. The average Bonchev–Trinajstić information content (AvgIpc) is 2.22. The molecule has 15 heavy (non-hydrogen) atoms. The number of carbonyl (C=O) groups excluding carboxylic acids is 1. The summed E-state index contributed by atoms with van der Waals surface area (Å²) in [5.41, 5.74) is 0.0587. The van der Waals surface area contributed by atoms with Crippen LogP contribution >= 0.6 is 0 Å². The van der Waals surface area contributed by atoms with Gasteiger partial charge in [-0.25, -0.2) is 0 Å². The van der Waals surface area contributed by atoms with Crippen LogP contribution in [0.15, 0.2) is 0 Å². The molecule has 88 valence electrons. The van der Waals surface area contributed by atoms with Crippen LogP contribution in [-0.2, 0) is 4.79 Å². The van der Waals surface area contributed by atoms with E-state index in [-0.39, 0.29) is 5.54 Å². The van der Waals surface area contributed by atoms with Crippen molar-refractivity contribution >= 4 is 5.91 Å². The van der Waals surface area contributed by atoms with Crippen LogP contribution in [0.1, 0.15) is 40.5 Å². The Labute approximate surface area is 93.2 Å². The molecule has 1 saturated heterocycles. The Hall–Kier alpha value is -0.570. The van der Waals surface area contributed by atoms with Crippen molar-refractivity contribution in [2.24, 2.45) is 5.92 Å². The molecule has 1 amide bonds. The van der Waals surface area contributed by atoms with Crippen LogP contribution in [0.2, 0.25) is 0 Å². The van der Waals surface area contributed by atoms with E-state index in [9.17, 15) is 4.79 Å². The average molecular weight is 212 g/mol. The Kier molecular flexibility index (Phi) is 4.14. The standard InChI is InChI=1S/C12H24N2O/c1-10(2)6-8-14-9-12(3,4)13-7-5-11(14)15/h10,13H,5-9H2,1-4H3. The van der Waals surface area contributed by atoms with Crippen molar-refractivity contribution in [1.82, 2.24) is 10.2 Å². The van der Waals surface area contributed by atoms with Crippen molar-refractivity contribution in [1.29, 1.82) is 0 Å². The Balaban J connectivity index is 2.54. The minimum atomic E-state index is 0.0587. The van der Waals surface area contributed by atoms with Gasteiger partial charge in [0.2, 0.25) is 5.91 Å². The molecule has 0 aromatic rings. The molecule has 0 aromatic carbocycles. The van der Waals surface area contributed by atoms with Gasteiger partial charge in [0.1, 0.15) is 0 Å². The molecule has 0 bridgehead atoms. The molecule has 1 fully saturated rings. The van der Waals surface area contributed by atoms with Crippen LogP contribution in [0, 0.1) is 5.92 Å². The maximum atomic E-state index is 11.8. The Morgan fingerprint density at radius 3 is 2.73 bits per heavy atom. The van der Waals surface area contributed by atoms with E-state index in [1.807, 2.05) is 4.90 Å². The smallest absolute Gasteiger partial charge is 0.223 e. The topological polar surface area (TPSA) is 32.3 Å². The molecule has 0 aromatic heterocycles. The highest BCUT2D eigenvalue weighted by atomic mass is 16.2. The molecule has 1 heterocycles. The van der Waals surface area contributed by atoms with Crippen LogP contribution in [-0.4, -0.2) is 36.0 Å². The van der Waals surface area contributed by atoms with Crippen LogP contribution < -0.4 is 5.32 Å². The number of amides is 1. The summed E-state index contributed by atoms with van der Waals surface area (Å²) < 4.78 is 0. The fraction of sp³-hybridized carbons (Fsp3) is 0.917. The largest absolute Gasteiger partial charge is 0.341 e. The van der Waals surface area contributed by atoms with E-state index in [1.54, 1.807) is 0 Å². The Morgan fingerprint density at radius 1 is 1.47 bits per heavy atom. The summed E-state index contributed by atoms with van der Waals surface area (Å²) in [6, 6.07) is 0. The number of nitrogens with zero attached hydrogens (tertiary/aromatic N) is 1. The second-order valence-corrected chi connectivity index (χ2v) is 5.56. The molecule has 1 aliphatic heterocycles. The van der Waals surface area contributed by atoms with Crippen molar-refractivity contribution < 1.29 is 4.79 Å². The first-order valence-electron chi connectivity index (χ1n) is 5.93. The van der Waals surface area contributed by atoms with Gasteiger partial charge in [0.25, 0.3) is 0 Å². The second-order valence-electron chi connectivity index (χ2n) is 5.56. The predicted octanol–water partition coefficient (Wildman–Crippen LogP) is 1.63. The Morgan fingerprint density at radius 2 is 2.13 bits per heavy atom. The summed E-state index contributed by atoms with van der Waals surface area (Å²) in [4.78, 5) is 13.8. The number of carbonyl (C=O) groups is 1. The minimum Gasteiger partial charge on any atom is -0.341 e. The molecular formula is C12H24N2O. The predicted molar refractivity (Wildman–Crippen MR) is 62.7 cm³/mol. The normalized spacial score (nSPS) is 21.9. The second kappa shape index (κ2) is 4.97. The van der Waals surface area contributed by atoms with Gasteiger partial charge >= 0.3 is 0 Å². The van der Waals surface area contributed by atoms with E-state index in [4.69, 9.17) is 0 Å². The third kappa shape index (κ3) is 4.20. The summed E-state index contributed by atoms with van der Waals surface area (Å²) in [5.74, 6) is 0.964. The first-order chi connectivity index (χ1) is 6.91. The number of nitrogens with one attached hydrogen (secondary N) is 1. The van der Waals surface area contributed by atoms with E-state index in [1.165, 1.54) is 0 Å². The zero-order valence-electron chi connectivity index (χ0n) is 10.5. The van der Waals surface area contributed by atoms with Gasteiger partial charge < -0.3 is 10.2 Å². The SMILES string of the molecule is CC(C)CCN1CC(C)(C)NCCC1=O. The third-order valence-electron chi connectivity index (χ3n) is 2.86. The van der Waals surface area contributed by atoms with E-state index in [0.29, 0.717) is 18.2 Å². The summed E-state index contributed by atoms with van der Waals surface area (Å²) >= 11 is 0. The molecule has 0 aliphatic carbocycles. The molecule has 3 heteroatoms. The first kappa shape index (κ1) is 12.5. The number of hydrogen-bond acceptors (Lipinski definition) is 2. The van der Waals surface area contributed by atoms with E-state index >= 15 is 0 Å². The maximum absolute atomic E-state index is 11.8. The van der Waals surface area contributed by atoms with Gasteiger partial charge in [0.15, 0.2) is 0 Å². The summed E-state index contributed by atoms with van der Waals surface area (Å²) in [6.07, 6.45) is 1.74. The van der Waals surface area contributed by atoms with Crippen molar-refractivity contribution in [2.75, 3.05) is 19.6 Å².